The van der Waals surface area contributed by atoms with Crippen molar-refractivity contribution in [2.75, 3.05) is 0 Å². The molecule has 0 aromatic carbocycles. The van der Waals surface area contributed by atoms with E-state index in [1.54, 1.807) is 18.5 Å². The van der Waals surface area contributed by atoms with E-state index >= 15 is 0 Å². The Morgan fingerprint density at radius 2 is 1.70 bits per heavy atom. The maximum Gasteiger partial charge on any atom is 0.130 e. The minimum atomic E-state index is 0.168. The van der Waals surface area contributed by atoms with E-state index in [9.17, 15) is 9.59 Å². The minimum absolute atomic E-state index is 0.168. The molecule has 1 aromatic heterocycles. The van der Waals surface area contributed by atoms with E-state index in [1.165, 1.54) is 6.42 Å². The summed E-state index contributed by atoms with van der Waals surface area (Å²) in [6.45, 7) is 8.21. The van der Waals surface area contributed by atoms with Gasteiger partial charge in [-0.05, 0) is 33.1 Å². The van der Waals surface area contributed by atoms with Crippen LogP contribution in [0.2, 0.25) is 0 Å². The first-order valence-corrected chi connectivity index (χ1v) is 7.37. The van der Waals surface area contributed by atoms with Crippen molar-refractivity contribution in [1.29, 1.82) is 0 Å². The molecule has 1 heterocycles. The van der Waals surface area contributed by atoms with Crippen molar-refractivity contribution in [3.05, 3.63) is 11.9 Å². The van der Waals surface area contributed by atoms with Gasteiger partial charge in [-0.3, -0.25) is 4.68 Å². The van der Waals surface area contributed by atoms with E-state index in [1.807, 2.05) is 6.20 Å². The summed E-state index contributed by atoms with van der Waals surface area (Å²) in [5.74, 6) is 0.395. The summed E-state index contributed by atoms with van der Waals surface area (Å²) in [6, 6.07) is 0. The average Bonchev–Trinajstić information content (AvgIpc) is 2.81. The van der Waals surface area contributed by atoms with E-state index in [0.29, 0.717) is 19.3 Å². The number of ketones is 2. The molecule has 114 valence electrons. The van der Waals surface area contributed by atoms with Crippen LogP contribution in [0.25, 0.3) is 0 Å². The molecule has 0 saturated carbocycles. The molecule has 5 heteroatoms. The number of unbranched alkanes of at least 4 members (excludes halogenated alkanes) is 1. The molecule has 0 unspecified atom stereocenters. The van der Waals surface area contributed by atoms with Crippen LogP contribution in [0.3, 0.4) is 0 Å². The Kier molecular flexibility index (Phi) is 10.5. The second-order valence-corrected chi connectivity index (χ2v) is 5.04. The lowest BCUT2D eigenvalue weighted by atomic mass is 10.2. The summed E-state index contributed by atoms with van der Waals surface area (Å²) in [6.07, 6.45) is 6.74. The van der Waals surface area contributed by atoms with Gasteiger partial charge in [-0.25, -0.2) is 0 Å². The van der Waals surface area contributed by atoms with E-state index in [0.717, 1.165) is 25.1 Å². The summed E-state index contributed by atoms with van der Waals surface area (Å²) >= 11 is 0. The van der Waals surface area contributed by atoms with E-state index < -0.39 is 0 Å². The molecule has 0 bridgehead atoms. The van der Waals surface area contributed by atoms with Crippen LogP contribution in [0, 0.1) is 0 Å². The molecule has 0 aliphatic rings. The van der Waals surface area contributed by atoms with Crippen molar-refractivity contribution < 1.29 is 9.59 Å². The molecule has 0 fully saturated rings. The van der Waals surface area contributed by atoms with Crippen molar-refractivity contribution in [1.82, 2.24) is 15.0 Å². The number of rotatable bonds is 8. The fourth-order valence-corrected chi connectivity index (χ4v) is 1.51. The Bertz CT molecular complexity index is 400. The first-order chi connectivity index (χ1) is 9.49. The average molecular weight is 281 g/mol. The highest BCUT2D eigenvalue weighted by Crippen LogP contribution is 2.02. The second-order valence-electron chi connectivity index (χ2n) is 5.04. The molecule has 1 aromatic rings. The third-order valence-electron chi connectivity index (χ3n) is 2.49. The van der Waals surface area contributed by atoms with Crippen molar-refractivity contribution in [3.8, 4) is 0 Å². The fourth-order valence-electron chi connectivity index (χ4n) is 1.51. The van der Waals surface area contributed by atoms with E-state index in [2.05, 4.69) is 24.2 Å². The lowest BCUT2D eigenvalue weighted by molar-refractivity contribution is -0.117. The Labute approximate surface area is 121 Å². The number of carbonyl (C=O) groups is 2. The molecule has 0 saturated heterocycles. The van der Waals surface area contributed by atoms with Gasteiger partial charge in [-0.1, -0.05) is 25.5 Å². The van der Waals surface area contributed by atoms with Gasteiger partial charge in [0.1, 0.15) is 11.6 Å². The molecule has 20 heavy (non-hydrogen) atoms. The monoisotopic (exact) mass is 281 g/mol. The van der Waals surface area contributed by atoms with Crippen LogP contribution < -0.4 is 0 Å². The topological polar surface area (TPSA) is 64.8 Å². The molecule has 0 amide bonds. The van der Waals surface area contributed by atoms with Crippen molar-refractivity contribution >= 4 is 11.6 Å². The number of aromatic nitrogens is 3. The molecule has 0 aliphatic heterocycles. The number of hydrogen-bond acceptors (Lipinski definition) is 4. The summed E-state index contributed by atoms with van der Waals surface area (Å²) < 4.78 is 1.77. The first-order valence-electron chi connectivity index (χ1n) is 7.37. The zero-order chi connectivity index (χ0) is 15.4. The molecule has 1 rings (SSSR count). The van der Waals surface area contributed by atoms with Gasteiger partial charge in [0.15, 0.2) is 0 Å². The van der Waals surface area contributed by atoms with Gasteiger partial charge in [-0.15, -0.1) is 5.10 Å². The van der Waals surface area contributed by atoms with Crippen molar-refractivity contribution in [2.45, 2.75) is 72.8 Å². The Morgan fingerprint density at radius 3 is 2.25 bits per heavy atom. The lowest BCUT2D eigenvalue weighted by Gasteiger charge is -1.98. The molecular weight excluding hydrogens is 254 g/mol. The van der Waals surface area contributed by atoms with Gasteiger partial charge in [0, 0.05) is 25.6 Å². The van der Waals surface area contributed by atoms with Gasteiger partial charge in [-0.2, -0.15) is 0 Å². The Balaban J connectivity index is 0.00000110. The Hall–Kier alpha value is -1.52. The predicted octanol–water partition coefficient (Wildman–Crippen LogP) is 2.98. The third-order valence-corrected chi connectivity index (χ3v) is 2.49. The highest BCUT2D eigenvalue weighted by molar-refractivity contribution is 5.75. The zero-order valence-corrected chi connectivity index (χ0v) is 13.2. The number of nitrogens with zero attached hydrogens (tertiary/aromatic N) is 3. The fraction of sp³-hybridized carbons (Fsp3) is 0.733. The second kappa shape index (κ2) is 11.3. The highest BCUT2D eigenvalue weighted by Gasteiger charge is 2.02. The van der Waals surface area contributed by atoms with Crippen LogP contribution in [-0.2, 0) is 22.6 Å². The van der Waals surface area contributed by atoms with Crippen LogP contribution >= 0.6 is 0 Å². The minimum Gasteiger partial charge on any atom is -0.300 e. The van der Waals surface area contributed by atoms with Crippen LogP contribution in [-0.4, -0.2) is 26.6 Å². The van der Waals surface area contributed by atoms with Crippen LogP contribution in [0.15, 0.2) is 6.20 Å². The molecule has 0 atom stereocenters. The maximum absolute atomic E-state index is 10.8. The van der Waals surface area contributed by atoms with Gasteiger partial charge >= 0.3 is 0 Å². The van der Waals surface area contributed by atoms with Gasteiger partial charge in [0.25, 0.3) is 0 Å². The molecule has 0 radical (unpaired) electrons. The molecular formula is C15H27N3O2. The van der Waals surface area contributed by atoms with Crippen molar-refractivity contribution in [3.63, 3.8) is 0 Å². The quantitative estimate of drug-likeness (QED) is 0.687. The zero-order valence-electron chi connectivity index (χ0n) is 13.2. The first kappa shape index (κ1) is 18.5. The molecule has 0 N–H and O–H groups in total. The maximum atomic E-state index is 10.8. The number of hydrogen-bond donors (Lipinski definition) is 0. The molecule has 0 spiro atoms. The smallest absolute Gasteiger partial charge is 0.130 e. The summed E-state index contributed by atoms with van der Waals surface area (Å²) in [5, 5.41) is 7.98. The standard InChI is InChI=1S/C12H19N3O2.C3H8/c1-10(16)5-3-4-8-15-9-12(13-14-15)7-6-11(2)17;1-3-2/h9H,3-8H2,1-2H3;3H2,1-2H3. The van der Waals surface area contributed by atoms with Crippen LogP contribution in [0.4, 0.5) is 0 Å². The largest absolute Gasteiger partial charge is 0.300 e. The number of carbonyl (C=O) groups excluding carboxylic acids is 2. The number of Topliss-reactive ketones (excluding diaryl/α,β-unsaturated/α-hetero) is 2. The van der Waals surface area contributed by atoms with E-state index in [4.69, 9.17) is 0 Å². The summed E-state index contributed by atoms with van der Waals surface area (Å²) in [4.78, 5) is 21.6. The Morgan fingerprint density at radius 1 is 1.10 bits per heavy atom. The summed E-state index contributed by atoms with van der Waals surface area (Å²) in [5.41, 5.74) is 0.853. The third kappa shape index (κ3) is 10.4. The van der Waals surface area contributed by atoms with Crippen molar-refractivity contribution in [2.24, 2.45) is 0 Å². The SMILES string of the molecule is CC(=O)CCCCn1cc(CCC(C)=O)nn1.CCC. The summed E-state index contributed by atoms with van der Waals surface area (Å²) in [7, 11) is 0. The van der Waals surface area contributed by atoms with Gasteiger partial charge in [0.05, 0.1) is 5.69 Å². The van der Waals surface area contributed by atoms with Crippen LogP contribution in [0.5, 0.6) is 0 Å². The lowest BCUT2D eigenvalue weighted by Crippen LogP contribution is -2.00. The molecule has 0 aliphatic carbocycles. The number of aryl methyl sites for hydroxylation is 2. The van der Waals surface area contributed by atoms with Gasteiger partial charge in [0.2, 0.25) is 0 Å². The molecule has 5 nitrogen and oxygen atoms in total. The van der Waals surface area contributed by atoms with Gasteiger partial charge < -0.3 is 9.59 Å². The van der Waals surface area contributed by atoms with E-state index in [-0.39, 0.29) is 11.6 Å². The predicted molar refractivity (Wildman–Crippen MR) is 79.5 cm³/mol. The normalized spacial score (nSPS) is 9.80. The van der Waals surface area contributed by atoms with Crippen LogP contribution in [0.1, 0.15) is 65.5 Å². The highest BCUT2D eigenvalue weighted by atomic mass is 16.1.